The number of hydrogen-bond donors (Lipinski definition) is 0. The van der Waals surface area contributed by atoms with E-state index in [-0.39, 0.29) is 0 Å². The molecule has 0 saturated heterocycles. The molecule has 0 spiro atoms. The molecule has 0 aliphatic carbocycles. The van der Waals surface area contributed by atoms with Crippen LogP contribution in [0, 0.1) is 6.92 Å². The van der Waals surface area contributed by atoms with Crippen LogP contribution in [0.5, 0.6) is 0 Å². The van der Waals surface area contributed by atoms with E-state index in [1.165, 1.54) is 0 Å². The predicted molar refractivity (Wildman–Crippen MR) is 65.1 cm³/mol. The first kappa shape index (κ1) is 10.1. The molecular formula is C14H12O3. The molecule has 2 heterocycles. The summed E-state index contributed by atoms with van der Waals surface area (Å²) in [5.74, 6) is 0. The number of carbonyl (C=O) groups is 1. The summed E-state index contributed by atoms with van der Waals surface area (Å²) >= 11 is 0. The van der Waals surface area contributed by atoms with Crippen molar-refractivity contribution in [3.05, 3.63) is 35.8 Å². The Hall–Kier alpha value is -2.03. The Labute approximate surface area is 98.0 Å². The highest BCUT2D eigenvalue weighted by Crippen LogP contribution is 2.34. The molecule has 3 heteroatoms. The first-order chi connectivity index (χ1) is 8.33. The molecule has 86 valence electrons. The van der Waals surface area contributed by atoms with Gasteiger partial charge in [0.1, 0.15) is 17.5 Å². The standard InChI is InChI=1S/C14H12O3/c1-9-10-4-7-17-14(10)11(3-2-6-15)12-5-8-16-13(9)12/h4-8H,2-3H2,1H3. The third-order valence-electron chi connectivity index (χ3n) is 3.19. The Bertz CT molecular complexity index is 636. The van der Waals surface area contributed by atoms with E-state index < -0.39 is 0 Å². The van der Waals surface area contributed by atoms with Gasteiger partial charge in [-0.2, -0.15) is 0 Å². The van der Waals surface area contributed by atoms with Gasteiger partial charge in [0.15, 0.2) is 0 Å². The summed E-state index contributed by atoms with van der Waals surface area (Å²) in [5, 5.41) is 2.11. The maximum Gasteiger partial charge on any atom is 0.138 e. The molecule has 0 amide bonds. The van der Waals surface area contributed by atoms with E-state index in [0.717, 1.165) is 39.4 Å². The van der Waals surface area contributed by atoms with Crippen LogP contribution in [0.3, 0.4) is 0 Å². The van der Waals surface area contributed by atoms with Crippen LogP contribution in [0.1, 0.15) is 17.5 Å². The summed E-state index contributed by atoms with van der Waals surface area (Å²) in [5.41, 5.74) is 3.91. The van der Waals surface area contributed by atoms with Crippen molar-refractivity contribution in [3.8, 4) is 0 Å². The minimum absolute atomic E-state index is 0.499. The lowest BCUT2D eigenvalue weighted by atomic mass is 9.99. The third-order valence-corrected chi connectivity index (χ3v) is 3.19. The number of carbonyl (C=O) groups excluding carboxylic acids is 1. The second kappa shape index (κ2) is 3.77. The highest BCUT2D eigenvalue weighted by molar-refractivity contribution is 6.01. The van der Waals surface area contributed by atoms with Crippen LogP contribution >= 0.6 is 0 Å². The van der Waals surface area contributed by atoms with Gasteiger partial charge in [-0.25, -0.2) is 0 Å². The molecule has 3 nitrogen and oxygen atoms in total. The fourth-order valence-corrected chi connectivity index (χ4v) is 2.37. The number of aldehydes is 1. The number of aryl methyl sites for hydroxylation is 2. The van der Waals surface area contributed by atoms with Gasteiger partial charge in [0.2, 0.25) is 0 Å². The number of benzene rings is 1. The molecule has 0 aliphatic rings. The van der Waals surface area contributed by atoms with Crippen molar-refractivity contribution in [1.29, 1.82) is 0 Å². The van der Waals surface area contributed by atoms with E-state index in [2.05, 4.69) is 0 Å². The van der Waals surface area contributed by atoms with Gasteiger partial charge < -0.3 is 13.6 Å². The van der Waals surface area contributed by atoms with E-state index >= 15 is 0 Å². The number of hydrogen-bond acceptors (Lipinski definition) is 3. The minimum atomic E-state index is 0.499. The second-order valence-electron chi connectivity index (χ2n) is 4.14. The molecule has 3 aromatic rings. The van der Waals surface area contributed by atoms with Crippen LogP contribution in [-0.2, 0) is 11.2 Å². The summed E-state index contributed by atoms with van der Waals surface area (Å²) in [6.07, 6.45) is 5.48. The van der Waals surface area contributed by atoms with E-state index in [1.54, 1.807) is 12.5 Å². The maximum atomic E-state index is 10.5. The van der Waals surface area contributed by atoms with Gasteiger partial charge in [0, 0.05) is 28.3 Å². The molecule has 0 aliphatic heterocycles. The van der Waals surface area contributed by atoms with Crippen LogP contribution in [0.25, 0.3) is 21.9 Å². The van der Waals surface area contributed by atoms with Crippen molar-refractivity contribution in [3.63, 3.8) is 0 Å². The molecule has 0 N–H and O–H groups in total. The molecule has 0 saturated carbocycles. The normalized spacial score (nSPS) is 11.4. The minimum Gasteiger partial charge on any atom is -0.464 e. The monoisotopic (exact) mass is 228 g/mol. The van der Waals surface area contributed by atoms with Gasteiger partial charge in [-0.15, -0.1) is 0 Å². The second-order valence-corrected chi connectivity index (χ2v) is 4.14. The fourth-order valence-electron chi connectivity index (χ4n) is 2.37. The number of fused-ring (bicyclic) bond motifs is 2. The highest BCUT2D eigenvalue weighted by atomic mass is 16.3. The van der Waals surface area contributed by atoms with Gasteiger partial charge in [0.25, 0.3) is 0 Å². The molecule has 3 rings (SSSR count). The zero-order valence-electron chi connectivity index (χ0n) is 9.53. The van der Waals surface area contributed by atoms with Crippen LogP contribution < -0.4 is 0 Å². The summed E-state index contributed by atoms with van der Waals surface area (Å²) in [6, 6.07) is 3.88. The van der Waals surface area contributed by atoms with Gasteiger partial charge in [-0.1, -0.05) is 0 Å². The van der Waals surface area contributed by atoms with E-state index in [9.17, 15) is 4.79 Å². The number of furan rings is 2. The predicted octanol–water partition coefficient (Wildman–Crippen LogP) is 3.62. The van der Waals surface area contributed by atoms with Crippen LogP contribution in [-0.4, -0.2) is 6.29 Å². The molecule has 1 aromatic carbocycles. The third kappa shape index (κ3) is 1.39. The SMILES string of the molecule is Cc1c2ccoc2c(CCC=O)c2ccoc12. The highest BCUT2D eigenvalue weighted by Gasteiger charge is 2.15. The first-order valence-electron chi connectivity index (χ1n) is 5.62. The van der Waals surface area contributed by atoms with Crippen LogP contribution in [0.15, 0.2) is 33.5 Å². The maximum absolute atomic E-state index is 10.5. The Morgan fingerprint density at radius 1 is 1.12 bits per heavy atom. The van der Waals surface area contributed by atoms with Crippen molar-refractivity contribution in [2.75, 3.05) is 0 Å². The molecule has 0 bridgehead atoms. The fraction of sp³-hybridized carbons (Fsp3) is 0.214. The smallest absolute Gasteiger partial charge is 0.138 e. The van der Waals surface area contributed by atoms with Crippen molar-refractivity contribution >= 4 is 28.2 Å². The van der Waals surface area contributed by atoms with Crippen molar-refractivity contribution < 1.29 is 13.6 Å². The Balaban J connectivity index is 2.39. The molecule has 2 aromatic heterocycles. The van der Waals surface area contributed by atoms with Crippen molar-refractivity contribution in [2.24, 2.45) is 0 Å². The topological polar surface area (TPSA) is 43.4 Å². The summed E-state index contributed by atoms with van der Waals surface area (Å²) < 4.78 is 11.1. The van der Waals surface area contributed by atoms with Crippen LogP contribution in [0.2, 0.25) is 0 Å². The largest absolute Gasteiger partial charge is 0.464 e. The van der Waals surface area contributed by atoms with Gasteiger partial charge in [0.05, 0.1) is 12.5 Å². The van der Waals surface area contributed by atoms with E-state index in [0.29, 0.717) is 12.8 Å². The average molecular weight is 228 g/mol. The van der Waals surface area contributed by atoms with E-state index in [4.69, 9.17) is 8.83 Å². The lowest BCUT2D eigenvalue weighted by Gasteiger charge is -2.05. The lowest BCUT2D eigenvalue weighted by molar-refractivity contribution is -0.107. The van der Waals surface area contributed by atoms with Gasteiger partial charge in [-0.3, -0.25) is 0 Å². The van der Waals surface area contributed by atoms with E-state index in [1.807, 2.05) is 19.1 Å². The Morgan fingerprint density at radius 2 is 1.82 bits per heavy atom. The molecule has 0 atom stereocenters. The summed E-state index contributed by atoms with van der Waals surface area (Å²) in [4.78, 5) is 10.5. The Kier molecular flexibility index (Phi) is 2.25. The quantitative estimate of drug-likeness (QED) is 0.643. The molecule has 0 unspecified atom stereocenters. The lowest BCUT2D eigenvalue weighted by Crippen LogP contribution is -1.90. The van der Waals surface area contributed by atoms with Crippen molar-refractivity contribution in [2.45, 2.75) is 19.8 Å². The first-order valence-corrected chi connectivity index (χ1v) is 5.62. The molecule has 0 fully saturated rings. The zero-order valence-corrected chi connectivity index (χ0v) is 9.53. The van der Waals surface area contributed by atoms with Gasteiger partial charge in [-0.05, 0) is 25.5 Å². The average Bonchev–Trinajstić information content (AvgIpc) is 2.97. The van der Waals surface area contributed by atoms with Crippen molar-refractivity contribution in [1.82, 2.24) is 0 Å². The van der Waals surface area contributed by atoms with Crippen LogP contribution in [0.4, 0.5) is 0 Å². The molecular weight excluding hydrogens is 216 g/mol. The number of rotatable bonds is 3. The summed E-state index contributed by atoms with van der Waals surface area (Å²) in [7, 11) is 0. The van der Waals surface area contributed by atoms with Gasteiger partial charge >= 0.3 is 0 Å². The zero-order chi connectivity index (χ0) is 11.8. The summed E-state index contributed by atoms with van der Waals surface area (Å²) in [6.45, 7) is 2.02. The Morgan fingerprint density at radius 3 is 2.59 bits per heavy atom. The molecule has 17 heavy (non-hydrogen) atoms. The molecule has 0 radical (unpaired) electrons.